The van der Waals surface area contributed by atoms with Crippen molar-refractivity contribution in [2.45, 2.75) is 20.0 Å². The number of aliphatic hydroxyl groups excluding tert-OH is 1. The Labute approximate surface area is 117 Å². The van der Waals surface area contributed by atoms with Crippen LogP contribution in [0.1, 0.15) is 33.5 Å². The molecule has 2 N–H and O–H groups in total. The van der Waals surface area contributed by atoms with Gasteiger partial charge in [0, 0.05) is 12.7 Å². The first-order valence-corrected chi connectivity index (χ1v) is 6.39. The summed E-state index contributed by atoms with van der Waals surface area (Å²) in [4.78, 5) is 19.8. The van der Waals surface area contributed by atoms with E-state index in [-0.39, 0.29) is 12.5 Å². The standard InChI is InChI=1S/C15H17N3O2/c1-10-3-5-12(6-4-10)14(19)9-17-15(20)13-7-8-16-11(2)18-13/h3-8,14,19H,9H2,1-2H3,(H,17,20)/t14-/m1/s1. The molecule has 5 nitrogen and oxygen atoms in total. The summed E-state index contributed by atoms with van der Waals surface area (Å²) in [5.41, 5.74) is 2.20. The number of hydrogen-bond donors (Lipinski definition) is 2. The van der Waals surface area contributed by atoms with E-state index < -0.39 is 6.10 Å². The van der Waals surface area contributed by atoms with Crippen molar-refractivity contribution < 1.29 is 9.90 Å². The summed E-state index contributed by atoms with van der Waals surface area (Å²) in [6, 6.07) is 9.09. The van der Waals surface area contributed by atoms with Gasteiger partial charge in [-0.15, -0.1) is 0 Å². The molecule has 1 aromatic carbocycles. The molecule has 104 valence electrons. The van der Waals surface area contributed by atoms with Gasteiger partial charge < -0.3 is 10.4 Å². The minimum atomic E-state index is -0.734. The van der Waals surface area contributed by atoms with Crippen LogP contribution in [0.25, 0.3) is 0 Å². The van der Waals surface area contributed by atoms with E-state index in [0.29, 0.717) is 11.5 Å². The Bertz CT molecular complexity index is 596. The van der Waals surface area contributed by atoms with Crippen molar-refractivity contribution in [3.8, 4) is 0 Å². The van der Waals surface area contributed by atoms with E-state index in [0.717, 1.165) is 11.1 Å². The van der Waals surface area contributed by atoms with Gasteiger partial charge in [-0.05, 0) is 25.5 Å². The first-order valence-electron chi connectivity index (χ1n) is 6.39. The van der Waals surface area contributed by atoms with Gasteiger partial charge in [0.25, 0.3) is 5.91 Å². The summed E-state index contributed by atoms with van der Waals surface area (Å²) in [5.74, 6) is 0.221. The number of hydrogen-bond acceptors (Lipinski definition) is 4. The van der Waals surface area contributed by atoms with Crippen LogP contribution in [-0.2, 0) is 0 Å². The summed E-state index contributed by atoms with van der Waals surface area (Å²) in [5, 5.41) is 12.7. The van der Waals surface area contributed by atoms with Crippen molar-refractivity contribution in [2.75, 3.05) is 6.54 Å². The van der Waals surface area contributed by atoms with Crippen LogP contribution in [0.5, 0.6) is 0 Å². The first kappa shape index (κ1) is 14.1. The van der Waals surface area contributed by atoms with E-state index in [2.05, 4.69) is 15.3 Å². The van der Waals surface area contributed by atoms with Gasteiger partial charge in [0.1, 0.15) is 11.5 Å². The molecule has 0 fully saturated rings. The topological polar surface area (TPSA) is 75.1 Å². The normalized spacial score (nSPS) is 11.9. The van der Waals surface area contributed by atoms with Crippen molar-refractivity contribution in [3.63, 3.8) is 0 Å². The van der Waals surface area contributed by atoms with E-state index in [1.54, 1.807) is 13.0 Å². The lowest BCUT2D eigenvalue weighted by atomic mass is 10.1. The molecule has 0 aliphatic carbocycles. The molecule has 0 bridgehead atoms. The number of nitrogens with zero attached hydrogens (tertiary/aromatic N) is 2. The highest BCUT2D eigenvalue weighted by molar-refractivity contribution is 5.92. The van der Waals surface area contributed by atoms with Crippen LogP contribution < -0.4 is 5.32 Å². The molecule has 5 heteroatoms. The van der Waals surface area contributed by atoms with Crippen LogP contribution in [0.2, 0.25) is 0 Å². The third-order valence-electron chi connectivity index (χ3n) is 2.93. The Morgan fingerprint density at radius 1 is 1.25 bits per heavy atom. The Kier molecular flexibility index (Phi) is 4.42. The molecule has 2 rings (SSSR count). The van der Waals surface area contributed by atoms with Crippen LogP contribution in [0.4, 0.5) is 0 Å². The van der Waals surface area contributed by atoms with E-state index in [4.69, 9.17) is 0 Å². The highest BCUT2D eigenvalue weighted by atomic mass is 16.3. The van der Waals surface area contributed by atoms with Crippen molar-refractivity contribution in [1.29, 1.82) is 0 Å². The van der Waals surface area contributed by atoms with Crippen LogP contribution in [0.15, 0.2) is 36.5 Å². The molecule has 0 radical (unpaired) electrons. The number of nitrogens with one attached hydrogen (secondary N) is 1. The maximum absolute atomic E-state index is 11.9. The molecule has 1 aromatic heterocycles. The number of carbonyl (C=O) groups excluding carboxylic acids is 1. The summed E-state index contributed by atoms with van der Waals surface area (Å²) in [6.45, 7) is 3.85. The highest BCUT2D eigenvalue weighted by Crippen LogP contribution is 2.12. The maximum atomic E-state index is 11.9. The predicted molar refractivity (Wildman–Crippen MR) is 75.2 cm³/mol. The van der Waals surface area contributed by atoms with Crippen LogP contribution in [0, 0.1) is 13.8 Å². The Balaban J connectivity index is 1.94. The zero-order valence-electron chi connectivity index (χ0n) is 11.5. The van der Waals surface area contributed by atoms with Gasteiger partial charge in [0.15, 0.2) is 0 Å². The van der Waals surface area contributed by atoms with Gasteiger partial charge in [-0.25, -0.2) is 9.97 Å². The number of aromatic nitrogens is 2. The third kappa shape index (κ3) is 3.61. The number of rotatable bonds is 4. The SMILES string of the molecule is Cc1ccc([C@H](O)CNC(=O)c2ccnc(C)n2)cc1. The van der Waals surface area contributed by atoms with Crippen LogP contribution in [0.3, 0.4) is 0 Å². The summed E-state index contributed by atoms with van der Waals surface area (Å²) in [7, 11) is 0. The number of amides is 1. The average molecular weight is 271 g/mol. The molecular weight excluding hydrogens is 254 g/mol. The second-order valence-corrected chi connectivity index (χ2v) is 4.63. The number of aryl methyl sites for hydroxylation is 2. The number of carbonyl (C=O) groups is 1. The van der Waals surface area contributed by atoms with Gasteiger partial charge in [-0.2, -0.15) is 0 Å². The monoisotopic (exact) mass is 271 g/mol. The second-order valence-electron chi connectivity index (χ2n) is 4.63. The van der Waals surface area contributed by atoms with Crippen molar-refractivity contribution >= 4 is 5.91 Å². The minimum Gasteiger partial charge on any atom is -0.387 e. The molecule has 0 unspecified atom stereocenters. The molecule has 1 amide bonds. The van der Waals surface area contributed by atoms with Crippen LogP contribution in [-0.4, -0.2) is 27.5 Å². The van der Waals surface area contributed by atoms with Crippen molar-refractivity contribution in [3.05, 3.63) is 59.2 Å². The molecule has 0 aliphatic rings. The first-order chi connectivity index (χ1) is 9.56. The fourth-order valence-electron chi connectivity index (χ4n) is 1.77. The predicted octanol–water partition coefficient (Wildman–Crippen LogP) is 1.56. The van der Waals surface area contributed by atoms with Gasteiger partial charge >= 0.3 is 0 Å². The van der Waals surface area contributed by atoms with Gasteiger partial charge in [-0.3, -0.25) is 4.79 Å². The summed E-state index contributed by atoms with van der Waals surface area (Å²) in [6.07, 6.45) is 0.802. The minimum absolute atomic E-state index is 0.144. The van der Waals surface area contributed by atoms with E-state index >= 15 is 0 Å². The average Bonchev–Trinajstić information content (AvgIpc) is 2.45. The van der Waals surface area contributed by atoms with E-state index in [9.17, 15) is 9.90 Å². The molecule has 0 saturated heterocycles. The Morgan fingerprint density at radius 3 is 2.60 bits per heavy atom. The Hall–Kier alpha value is -2.27. The Morgan fingerprint density at radius 2 is 1.95 bits per heavy atom. The largest absolute Gasteiger partial charge is 0.387 e. The van der Waals surface area contributed by atoms with E-state index in [1.165, 1.54) is 6.20 Å². The lowest BCUT2D eigenvalue weighted by Crippen LogP contribution is -2.29. The fourth-order valence-corrected chi connectivity index (χ4v) is 1.77. The van der Waals surface area contributed by atoms with Crippen molar-refractivity contribution in [1.82, 2.24) is 15.3 Å². The van der Waals surface area contributed by atoms with Gasteiger partial charge in [-0.1, -0.05) is 29.8 Å². The third-order valence-corrected chi connectivity index (χ3v) is 2.93. The molecule has 20 heavy (non-hydrogen) atoms. The number of benzene rings is 1. The number of aliphatic hydroxyl groups is 1. The summed E-state index contributed by atoms with van der Waals surface area (Å²) < 4.78 is 0. The molecule has 1 atom stereocenters. The lowest BCUT2D eigenvalue weighted by Gasteiger charge is -2.12. The highest BCUT2D eigenvalue weighted by Gasteiger charge is 2.11. The molecule has 2 aromatic rings. The van der Waals surface area contributed by atoms with Gasteiger partial charge in [0.05, 0.1) is 6.10 Å². The van der Waals surface area contributed by atoms with Gasteiger partial charge in [0.2, 0.25) is 0 Å². The lowest BCUT2D eigenvalue weighted by molar-refractivity contribution is 0.0911. The zero-order chi connectivity index (χ0) is 14.5. The maximum Gasteiger partial charge on any atom is 0.270 e. The molecule has 0 saturated carbocycles. The molecular formula is C15H17N3O2. The van der Waals surface area contributed by atoms with E-state index in [1.807, 2.05) is 31.2 Å². The van der Waals surface area contributed by atoms with Crippen LogP contribution >= 0.6 is 0 Å². The summed E-state index contributed by atoms with van der Waals surface area (Å²) >= 11 is 0. The molecule has 0 spiro atoms. The smallest absolute Gasteiger partial charge is 0.270 e. The van der Waals surface area contributed by atoms with Crippen molar-refractivity contribution in [2.24, 2.45) is 0 Å². The molecule has 1 heterocycles. The second kappa shape index (κ2) is 6.25. The fraction of sp³-hybridized carbons (Fsp3) is 0.267. The quantitative estimate of drug-likeness (QED) is 0.885. The molecule has 0 aliphatic heterocycles. The zero-order valence-corrected chi connectivity index (χ0v) is 11.5.